The molecule has 148 valence electrons. The molecule has 0 heterocycles. The van der Waals surface area contributed by atoms with Crippen LogP contribution in [-0.2, 0) is 14.3 Å². The smallest absolute Gasteiger partial charge is 0.347 e. The van der Waals surface area contributed by atoms with Gasteiger partial charge >= 0.3 is 5.97 Å². The highest BCUT2D eigenvalue weighted by molar-refractivity contribution is 5.94. The Morgan fingerprint density at radius 3 is 2.10 bits per heavy atom. The molecule has 0 aromatic heterocycles. The summed E-state index contributed by atoms with van der Waals surface area (Å²) in [6, 6.07) is 25.2. The van der Waals surface area contributed by atoms with Crippen LogP contribution < -0.4 is 14.8 Å². The fraction of sp³-hybridized carbons (Fsp3) is 0.130. The van der Waals surface area contributed by atoms with Crippen LogP contribution in [-0.4, -0.2) is 24.6 Å². The molecule has 1 N–H and O–H groups in total. The zero-order valence-corrected chi connectivity index (χ0v) is 15.9. The van der Waals surface area contributed by atoms with Crippen molar-refractivity contribution >= 4 is 17.6 Å². The lowest BCUT2D eigenvalue weighted by Gasteiger charge is -2.15. The SMILES string of the molecule is CC(Oc1ccccc1)C(=O)OCC(=O)Nc1ccccc1Oc1ccccc1. The van der Waals surface area contributed by atoms with E-state index in [2.05, 4.69) is 5.32 Å². The maximum atomic E-state index is 12.2. The first-order chi connectivity index (χ1) is 14.1. The minimum Gasteiger partial charge on any atom is -0.479 e. The molecule has 0 saturated heterocycles. The number of carbonyl (C=O) groups is 2. The third kappa shape index (κ3) is 6.10. The highest BCUT2D eigenvalue weighted by atomic mass is 16.6. The van der Waals surface area contributed by atoms with Crippen LogP contribution in [0.5, 0.6) is 17.2 Å². The van der Waals surface area contributed by atoms with Gasteiger partial charge in [-0.25, -0.2) is 4.79 Å². The zero-order valence-electron chi connectivity index (χ0n) is 15.9. The molecule has 3 rings (SSSR count). The van der Waals surface area contributed by atoms with E-state index < -0.39 is 24.6 Å². The van der Waals surface area contributed by atoms with Crippen molar-refractivity contribution in [2.45, 2.75) is 13.0 Å². The molecular formula is C23H21NO5. The van der Waals surface area contributed by atoms with E-state index in [0.29, 0.717) is 22.9 Å². The van der Waals surface area contributed by atoms with Gasteiger partial charge in [-0.3, -0.25) is 4.79 Å². The lowest BCUT2D eigenvalue weighted by Crippen LogP contribution is -2.29. The van der Waals surface area contributed by atoms with E-state index in [0.717, 1.165) is 0 Å². The van der Waals surface area contributed by atoms with E-state index in [4.69, 9.17) is 14.2 Å². The average molecular weight is 391 g/mol. The minimum absolute atomic E-state index is 0.430. The predicted octanol–water partition coefficient (Wildman–Crippen LogP) is 4.43. The van der Waals surface area contributed by atoms with Crippen molar-refractivity contribution in [1.82, 2.24) is 0 Å². The summed E-state index contributed by atoms with van der Waals surface area (Å²) in [4.78, 5) is 24.3. The van der Waals surface area contributed by atoms with Crippen LogP contribution in [0.4, 0.5) is 5.69 Å². The summed E-state index contributed by atoms with van der Waals surface area (Å²) in [5.41, 5.74) is 0.478. The van der Waals surface area contributed by atoms with Gasteiger partial charge in [0.15, 0.2) is 18.5 Å². The molecule has 1 unspecified atom stereocenters. The van der Waals surface area contributed by atoms with E-state index in [9.17, 15) is 9.59 Å². The van der Waals surface area contributed by atoms with Gasteiger partial charge in [0.2, 0.25) is 0 Å². The van der Waals surface area contributed by atoms with Gasteiger partial charge in [-0.05, 0) is 43.3 Å². The summed E-state index contributed by atoms with van der Waals surface area (Å²) in [6.45, 7) is 1.14. The van der Waals surface area contributed by atoms with Gasteiger partial charge in [0.25, 0.3) is 5.91 Å². The third-order valence-electron chi connectivity index (χ3n) is 3.87. The first kappa shape index (κ1) is 19.9. The molecule has 3 aromatic rings. The van der Waals surface area contributed by atoms with Crippen LogP contribution in [0, 0.1) is 0 Å². The Bertz CT molecular complexity index is 944. The fourth-order valence-corrected chi connectivity index (χ4v) is 2.47. The molecule has 0 bridgehead atoms. The van der Waals surface area contributed by atoms with Crippen LogP contribution >= 0.6 is 0 Å². The van der Waals surface area contributed by atoms with Crippen molar-refractivity contribution in [1.29, 1.82) is 0 Å². The molecule has 6 nitrogen and oxygen atoms in total. The lowest BCUT2D eigenvalue weighted by atomic mass is 10.3. The Morgan fingerprint density at radius 2 is 1.41 bits per heavy atom. The fourth-order valence-electron chi connectivity index (χ4n) is 2.47. The summed E-state index contributed by atoms with van der Waals surface area (Å²) in [5.74, 6) is 0.576. The highest BCUT2D eigenvalue weighted by Gasteiger charge is 2.18. The van der Waals surface area contributed by atoms with Gasteiger partial charge in [0.1, 0.15) is 11.5 Å². The second-order valence-corrected chi connectivity index (χ2v) is 6.14. The van der Waals surface area contributed by atoms with E-state index in [-0.39, 0.29) is 0 Å². The van der Waals surface area contributed by atoms with Crippen molar-refractivity contribution in [2.75, 3.05) is 11.9 Å². The Morgan fingerprint density at radius 1 is 0.828 bits per heavy atom. The van der Waals surface area contributed by atoms with Crippen LogP contribution in [0.3, 0.4) is 0 Å². The second kappa shape index (κ2) is 9.94. The standard InChI is InChI=1S/C23H21NO5/c1-17(28-18-10-4-2-5-11-18)23(26)27-16-22(25)24-20-14-8-9-15-21(20)29-19-12-6-3-7-13-19/h2-15,17H,16H2,1H3,(H,24,25). The monoisotopic (exact) mass is 391 g/mol. The molecular weight excluding hydrogens is 370 g/mol. The summed E-state index contributed by atoms with van der Waals surface area (Å²) >= 11 is 0. The predicted molar refractivity (Wildman–Crippen MR) is 109 cm³/mol. The Balaban J connectivity index is 1.52. The van der Waals surface area contributed by atoms with Gasteiger partial charge in [0.05, 0.1) is 5.69 Å². The van der Waals surface area contributed by atoms with Gasteiger partial charge in [-0.1, -0.05) is 48.5 Å². The van der Waals surface area contributed by atoms with Gasteiger partial charge in [-0.15, -0.1) is 0 Å². The van der Waals surface area contributed by atoms with Crippen molar-refractivity contribution in [3.63, 3.8) is 0 Å². The topological polar surface area (TPSA) is 73.9 Å². The summed E-state index contributed by atoms with van der Waals surface area (Å²) in [6.07, 6.45) is -0.834. The average Bonchev–Trinajstić information content (AvgIpc) is 2.75. The molecule has 3 aromatic carbocycles. The molecule has 1 amide bonds. The van der Waals surface area contributed by atoms with Crippen LogP contribution in [0.25, 0.3) is 0 Å². The van der Waals surface area contributed by atoms with Crippen molar-refractivity contribution in [3.8, 4) is 17.2 Å². The molecule has 6 heteroatoms. The number of esters is 1. The number of para-hydroxylation sites is 4. The number of carbonyl (C=O) groups excluding carboxylic acids is 2. The first-order valence-corrected chi connectivity index (χ1v) is 9.12. The maximum Gasteiger partial charge on any atom is 0.347 e. The van der Waals surface area contributed by atoms with E-state index >= 15 is 0 Å². The van der Waals surface area contributed by atoms with Crippen LogP contribution in [0.2, 0.25) is 0 Å². The van der Waals surface area contributed by atoms with Crippen molar-refractivity contribution in [3.05, 3.63) is 84.9 Å². The van der Waals surface area contributed by atoms with E-state index in [1.165, 1.54) is 0 Å². The Hall–Kier alpha value is -3.80. The Labute approximate surface area is 169 Å². The van der Waals surface area contributed by atoms with E-state index in [1.807, 2.05) is 36.4 Å². The van der Waals surface area contributed by atoms with Crippen LogP contribution in [0.1, 0.15) is 6.92 Å². The lowest BCUT2D eigenvalue weighted by molar-refractivity contribution is -0.153. The largest absolute Gasteiger partial charge is 0.479 e. The highest BCUT2D eigenvalue weighted by Crippen LogP contribution is 2.29. The molecule has 0 aliphatic heterocycles. The van der Waals surface area contributed by atoms with Gasteiger partial charge in [0, 0.05) is 0 Å². The minimum atomic E-state index is -0.834. The van der Waals surface area contributed by atoms with Crippen molar-refractivity contribution in [2.24, 2.45) is 0 Å². The Kier molecular flexibility index (Phi) is 6.84. The van der Waals surface area contributed by atoms with Gasteiger partial charge in [-0.2, -0.15) is 0 Å². The number of benzene rings is 3. The molecule has 0 aliphatic rings. The third-order valence-corrected chi connectivity index (χ3v) is 3.87. The number of rotatable bonds is 8. The molecule has 0 saturated carbocycles. The number of hydrogen-bond donors (Lipinski definition) is 1. The molecule has 0 radical (unpaired) electrons. The number of amides is 1. The quantitative estimate of drug-likeness (QED) is 0.575. The maximum absolute atomic E-state index is 12.2. The summed E-state index contributed by atoms with van der Waals surface area (Å²) in [5, 5.41) is 2.69. The molecule has 29 heavy (non-hydrogen) atoms. The number of ether oxygens (including phenoxy) is 3. The number of anilines is 1. The molecule has 0 fully saturated rings. The second-order valence-electron chi connectivity index (χ2n) is 6.14. The normalized spacial score (nSPS) is 11.2. The molecule has 0 spiro atoms. The zero-order chi connectivity index (χ0) is 20.5. The van der Waals surface area contributed by atoms with E-state index in [1.54, 1.807) is 55.5 Å². The number of nitrogens with one attached hydrogen (secondary N) is 1. The summed E-state index contributed by atoms with van der Waals surface area (Å²) < 4.78 is 16.3. The molecule has 1 atom stereocenters. The summed E-state index contributed by atoms with van der Waals surface area (Å²) in [7, 11) is 0. The first-order valence-electron chi connectivity index (χ1n) is 9.12. The van der Waals surface area contributed by atoms with Crippen LogP contribution in [0.15, 0.2) is 84.9 Å². The van der Waals surface area contributed by atoms with Gasteiger partial charge < -0.3 is 19.5 Å². The number of hydrogen-bond acceptors (Lipinski definition) is 5. The van der Waals surface area contributed by atoms with Crippen molar-refractivity contribution < 1.29 is 23.8 Å². The molecule has 0 aliphatic carbocycles.